The second-order valence-corrected chi connectivity index (χ2v) is 9.23. The minimum atomic E-state index is -5.00. The maximum absolute atomic E-state index is 12.8. The molecule has 2 rings (SSSR count). The molecule has 1 aromatic carbocycles. The fourth-order valence-corrected chi connectivity index (χ4v) is 4.31. The molecular weight excluding hydrogens is 401 g/mol. The molecule has 11 heteroatoms. The van der Waals surface area contributed by atoms with E-state index in [1.807, 2.05) is 0 Å². The first-order chi connectivity index (χ1) is 12.8. The van der Waals surface area contributed by atoms with Crippen molar-refractivity contribution < 1.29 is 35.9 Å². The number of carbonyl (C=O) groups is 1. The Morgan fingerprint density at radius 1 is 1.14 bits per heavy atom. The van der Waals surface area contributed by atoms with Gasteiger partial charge in [-0.1, -0.05) is 12.1 Å². The van der Waals surface area contributed by atoms with Gasteiger partial charge >= 0.3 is 12.5 Å². The van der Waals surface area contributed by atoms with Gasteiger partial charge in [0.2, 0.25) is 10.0 Å². The number of halogens is 3. The van der Waals surface area contributed by atoms with Gasteiger partial charge in [-0.05, 0) is 45.7 Å². The van der Waals surface area contributed by atoms with Gasteiger partial charge < -0.3 is 14.8 Å². The second-order valence-electron chi connectivity index (χ2n) is 7.32. The number of para-hydroxylation sites is 1. The molecule has 1 amide bonds. The van der Waals surface area contributed by atoms with Crippen molar-refractivity contribution in [3.8, 4) is 5.75 Å². The molecule has 0 unspecified atom stereocenters. The van der Waals surface area contributed by atoms with Gasteiger partial charge in [0.05, 0.1) is 0 Å². The van der Waals surface area contributed by atoms with Gasteiger partial charge in [-0.15, -0.1) is 13.2 Å². The summed E-state index contributed by atoms with van der Waals surface area (Å²) >= 11 is 0. The average Bonchev–Trinajstić information content (AvgIpc) is 2.52. The standard InChI is InChI=1S/C17H23F3N2O5S/c1-16(2,3)27-15(23)21-12-8-10-22(11-9-12)28(24,25)14-7-5-4-6-13(14)26-17(18,19)20/h4-7,12H,8-11H2,1-3H3,(H,21,23). The first-order valence-corrected chi connectivity index (χ1v) is 10.1. The number of amides is 1. The quantitative estimate of drug-likeness (QED) is 0.802. The topological polar surface area (TPSA) is 84.9 Å². The Kier molecular flexibility index (Phi) is 6.49. The third-order valence-corrected chi connectivity index (χ3v) is 5.81. The summed E-state index contributed by atoms with van der Waals surface area (Å²) in [7, 11) is -4.18. The molecule has 0 radical (unpaired) electrons. The summed E-state index contributed by atoms with van der Waals surface area (Å²) < 4.78 is 73.3. The van der Waals surface area contributed by atoms with Crippen LogP contribution in [-0.4, -0.2) is 49.9 Å². The van der Waals surface area contributed by atoms with Gasteiger partial charge in [-0.2, -0.15) is 4.31 Å². The molecule has 1 aliphatic rings. The highest BCUT2D eigenvalue weighted by atomic mass is 32.2. The number of rotatable bonds is 4. The molecule has 0 aliphatic carbocycles. The molecule has 1 N–H and O–H groups in total. The molecule has 0 bridgehead atoms. The zero-order chi connectivity index (χ0) is 21.2. The number of alkyl carbamates (subject to hydrolysis) is 1. The van der Waals surface area contributed by atoms with E-state index in [4.69, 9.17) is 4.74 Å². The highest BCUT2D eigenvalue weighted by molar-refractivity contribution is 7.89. The molecule has 1 fully saturated rings. The largest absolute Gasteiger partial charge is 0.573 e. The zero-order valence-corrected chi connectivity index (χ0v) is 16.6. The number of nitrogens with one attached hydrogen (secondary N) is 1. The molecule has 0 saturated carbocycles. The lowest BCUT2D eigenvalue weighted by molar-refractivity contribution is -0.275. The molecule has 1 aliphatic heterocycles. The van der Waals surface area contributed by atoms with Crippen LogP contribution in [0.25, 0.3) is 0 Å². The van der Waals surface area contributed by atoms with Crippen molar-refractivity contribution in [2.24, 2.45) is 0 Å². The highest BCUT2D eigenvalue weighted by Crippen LogP contribution is 2.32. The Morgan fingerprint density at radius 3 is 2.25 bits per heavy atom. The summed E-state index contributed by atoms with van der Waals surface area (Å²) in [5.41, 5.74) is -0.656. The van der Waals surface area contributed by atoms with Gasteiger partial charge in [0.25, 0.3) is 0 Å². The molecule has 0 spiro atoms. The molecule has 158 valence electrons. The zero-order valence-electron chi connectivity index (χ0n) is 15.7. The van der Waals surface area contributed by atoms with E-state index in [0.717, 1.165) is 16.4 Å². The summed E-state index contributed by atoms with van der Waals surface area (Å²) in [5.74, 6) is -0.774. The minimum absolute atomic E-state index is 0.0448. The Bertz CT molecular complexity index is 798. The Hall–Kier alpha value is -2.01. The van der Waals surface area contributed by atoms with Crippen LogP contribution in [0.4, 0.5) is 18.0 Å². The number of hydrogen-bond acceptors (Lipinski definition) is 5. The molecule has 1 heterocycles. The monoisotopic (exact) mass is 424 g/mol. The van der Waals surface area contributed by atoms with Gasteiger partial charge in [0.15, 0.2) is 0 Å². The summed E-state index contributed by atoms with van der Waals surface area (Å²) in [6, 6.07) is 4.32. The van der Waals surface area contributed by atoms with Gasteiger partial charge in [-0.3, -0.25) is 0 Å². The Balaban J connectivity index is 2.05. The van der Waals surface area contributed by atoms with Crippen LogP contribution in [0.1, 0.15) is 33.6 Å². The molecule has 0 atom stereocenters. The Morgan fingerprint density at radius 2 is 1.71 bits per heavy atom. The maximum atomic E-state index is 12.8. The Labute approximate surface area is 161 Å². The molecule has 28 heavy (non-hydrogen) atoms. The fraction of sp³-hybridized carbons (Fsp3) is 0.588. The van der Waals surface area contributed by atoms with E-state index in [-0.39, 0.29) is 19.1 Å². The van der Waals surface area contributed by atoms with Crippen LogP contribution >= 0.6 is 0 Å². The number of alkyl halides is 3. The van der Waals surface area contributed by atoms with Crippen molar-refractivity contribution >= 4 is 16.1 Å². The number of piperidine rings is 1. The smallest absolute Gasteiger partial charge is 0.444 e. The van der Waals surface area contributed by atoms with Crippen LogP contribution in [0.15, 0.2) is 29.2 Å². The number of ether oxygens (including phenoxy) is 2. The van der Waals surface area contributed by atoms with E-state index < -0.39 is 38.7 Å². The van der Waals surface area contributed by atoms with Crippen molar-refractivity contribution in [2.75, 3.05) is 13.1 Å². The summed E-state index contributed by atoms with van der Waals surface area (Å²) in [5, 5.41) is 2.67. The van der Waals surface area contributed by atoms with Gasteiger partial charge in [0.1, 0.15) is 16.2 Å². The number of benzene rings is 1. The fourth-order valence-electron chi connectivity index (χ4n) is 2.73. The van der Waals surface area contributed by atoms with Crippen molar-refractivity contribution in [1.29, 1.82) is 0 Å². The predicted molar refractivity (Wildman–Crippen MR) is 94.3 cm³/mol. The van der Waals surface area contributed by atoms with Crippen LogP contribution in [0.3, 0.4) is 0 Å². The lowest BCUT2D eigenvalue weighted by Crippen LogP contribution is -2.47. The first-order valence-electron chi connectivity index (χ1n) is 8.62. The highest BCUT2D eigenvalue weighted by Gasteiger charge is 2.37. The molecule has 1 saturated heterocycles. The van der Waals surface area contributed by atoms with Crippen LogP contribution in [0.5, 0.6) is 5.75 Å². The van der Waals surface area contributed by atoms with Gasteiger partial charge in [0, 0.05) is 19.1 Å². The third kappa shape index (κ3) is 6.26. The van der Waals surface area contributed by atoms with Crippen LogP contribution < -0.4 is 10.1 Å². The molecule has 1 aromatic rings. The van der Waals surface area contributed by atoms with Crippen molar-refractivity contribution in [2.45, 2.75) is 56.5 Å². The number of carbonyl (C=O) groups excluding carboxylic acids is 1. The molecular formula is C17H23F3N2O5S. The van der Waals surface area contributed by atoms with Crippen LogP contribution in [0, 0.1) is 0 Å². The lowest BCUT2D eigenvalue weighted by atomic mass is 10.1. The van der Waals surface area contributed by atoms with Crippen LogP contribution in [-0.2, 0) is 14.8 Å². The van der Waals surface area contributed by atoms with E-state index >= 15 is 0 Å². The maximum Gasteiger partial charge on any atom is 0.573 e. The second kappa shape index (κ2) is 8.16. The van der Waals surface area contributed by atoms with E-state index in [0.29, 0.717) is 12.8 Å². The minimum Gasteiger partial charge on any atom is -0.444 e. The van der Waals surface area contributed by atoms with Crippen molar-refractivity contribution in [3.05, 3.63) is 24.3 Å². The predicted octanol–water partition coefficient (Wildman–Crippen LogP) is 3.26. The first kappa shape index (κ1) is 22.3. The number of nitrogens with zero attached hydrogens (tertiary/aromatic N) is 1. The number of hydrogen-bond donors (Lipinski definition) is 1. The summed E-state index contributed by atoms with van der Waals surface area (Å²) in [4.78, 5) is 11.3. The van der Waals surface area contributed by atoms with E-state index in [1.54, 1.807) is 20.8 Å². The number of sulfonamides is 1. The van der Waals surface area contributed by atoms with E-state index in [2.05, 4.69) is 10.1 Å². The van der Waals surface area contributed by atoms with Crippen LogP contribution in [0.2, 0.25) is 0 Å². The van der Waals surface area contributed by atoms with Crippen molar-refractivity contribution in [1.82, 2.24) is 9.62 Å². The molecule has 7 nitrogen and oxygen atoms in total. The van der Waals surface area contributed by atoms with E-state index in [9.17, 15) is 26.4 Å². The third-order valence-electron chi connectivity index (χ3n) is 3.87. The van der Waals surface area contributed by atoms with Gasteiger partial charge in [-0.25, -0.2) is 13.2 Å². The normalized spacial score (nSPS) is 17.2. The average molecular weight is 424 g/mol. The lowest BCUT2D eigenvalue weighted by Gasteiger charge is -2.32. The summed E-state index contributed by atoms with van der Waals surface area (Å²) in [6.07, 6.45) is -4.99. The van der Waals surface area contributed by atoms with Crippen molar-refractivity contribution in [3.63, 3.8) is 0 Å². The van der Waals surface area contributed by atoms with E-state index in [1.165, 1.54) is 12.1 Å². The summed E-state index contributed by atoms with van der Waals surface area (Å²) in [6.45, 7) is 5.26. The SMILES string of the molecule is CC(C)(C)OC(=O)NC1CCN(S(=O)(=O)c2ccccc2OC(F)(F)F)CC1. The molecule has 0 aromatic heterocycles.